The SMILES string of the molecule is CC(C)(C)c1cc(N2c3cc4cc5c6ccccc6c6ccccc6c5cc4cc3B3c4c2cc2ccccc2c4-c2cc4c5ccccc5oc4c4c5ccccc5n3c24)cc(C(C)(C)C)c1. The number of hydrogen-bond acceptors (Lipinski definition) is 2. The molecule has 68 heavy (non-hydrogen) atoms. The summed E-state index contributed by atoms with van der Waals surface area (Å²) in [6.45, 7) is 14.0. The Labute approximate surface area is 394 Å². The van der Waals surface area contributed by atoms with Crippen LogP contribution in [0.2, 0.25) is 0 Å². The Morgan fingerprint density at radius 2 is 0.985 bits per heavy atom. The maximum absolute atomic E-state index is 6.96. The predicted octanol–water partition coefficient (Wildman–Crippen LogP) is 16.5. The second-order valence-electron chi connectivity index (χ2n) is 21.7. The molecular weight excluding hydrogens is 824 g/mol. The molecule has 0 atom stereocenters. The second-order valence-corrected chi connectivity index (χ2v) is 21.7. The number of para-hydroxylation sites is 2. The van der Waals surface area contributed by atoms with Crippen molar-refractivity contribution >= 4 is 132 Å². The molecule has 0 fully saturated rings. The molecule has 11 aromatic carbocycles. The van der Waals surface area contributed by atoms with Gasteiger partial charge in [-0.15, -0.1) is 0 Å². The van der Waals surface area contributed by atoms with Crippen LogP contribution in [0.1, 0.15) is 52.7 Å². The number of anilines is 3. The van der Waals surface area contributed by atoms with Gasteiger partial charge in [0, 0.05) is 49.8 Å². The maximum atomic E-state index is 6.96. The molecule has 0 spiro atoms. The van der Waals surface area contributed by atoms with Crippen molar-refractivity contribution in [1.29, 1.82) is 0 Å². The van der Waals surface area contributed by atoms with Gasteiger partial charge in [-0.3, -0.25) is 0 Å². The molecule has 0 aliphatic carbocycles. The van der Waals surface area contributed by atoms with E-state index in [-0.39, 0.29) is 17.7 Å². The molecule has 0 saturated carbocycles. The van der Waals surface area contributed by atoms with Gasteiger partial charge in [0.1, 0.15) is 11.2 Å². The molecule has 0 N–H and O–H groups in total. The van der Waals surface area contributed by atoms with Gasteiger partial charge in [0.2, 0.25) is 0 Å². The quantitative estimate of drug-likeness (QED) is 0.0931. The first-order valence-corrected chi connectivity index (χ1v) is 24.2. The van der Waals surface area contributed by atoms with Crippen molar-refractivity contribution in [2.45, 2.75) is 52.4 Å². The van der Waals surface area contributed by atoms with Crippen LogP contribution in [0.3, 0.4) is 0 Å². The van der Waals surface area contributed by atoms with Crippen LogP contribution in [0.15, 0.2) is 180 Å². The maximum Gasteiger partial charge on any atom is 0.333 e. The topological polar surface area (TPSA) is 21.3 Å². The van der Waals surface area contributed by atoms with Crippen LogP contribution in [-0.2, 0) is 10.8 Å². The molecule has 322 valence electrons. The fourth-order valence-electron chi connectivity index (χ4n) is 12.5. The molecule has 2 aromatic heterocycles. The Balaban J connectivity index is 1.16. The van der Waals surface area contributed by atoms with Crippen LogP contribution in [0.5, 0.6) is 0 Å². The standard InChI is InChI=1S/C64H47BN2O/c1-63(2,3)39-32-40(64(4,5)6)34-41(33-39)66-55-31-38-28-50-46-22-12-10-20-44(46)43-19-9-11-21-45(43)49(50)27-37(38)29-53(55)65-60-56(66)30-36-17-7-8-18-42(36)58(60)52-35-51-47-23-14-16-26-57(47)68-62(51)59-48-24-13-15-25-54(48)67(65)61(52)59/h7-35H,1-6H3. The van der Waals surface area contributed by atoms with Crippen molar-refractivity contribution in [3.8, 4) is 11.1 Å². The van der Waals surface area contributed by atoms with Crippen molar-refractivity contribution < 1.29 is 4.42 Å². The summed E-state index contributed by atoms with van der Waals surface area (Å²) in [7, 11) is 0. The zero-order chi connectivity index (χ0) is 45.5. The van der Waals surface area contributed by atoms with Crippen molar-refractivity contribution in [2.24, 2.45) is 0 Å². The Kier molecular flexibility index (Phi) is 7.32. The molecule has 4 heterocycles. The predicted molar refractivity (Wildman–Crippen MR) is 292 cm³/mol. The van der Waals surface area contributed by atoms with Gasteiger partial charge >= 0.3 is 6.85 Å². The molecule has 13 aromatic rings. The third-order valence-corrected chi connectivity index (χ3v) is 15.7. The number of hydrogen-bond donors (Lipinski definition) is 0. The highest BCUT2D eigenvalue weighted by Gasteiger charge is 2.44. The smallest absolute Gasteiger partial charge is 0.333 e. The van der Waals surface area contributed by atoms with Crippen molar-refractivity contribution in [2.75, 3.05) is 4.90 Å². The van der Waals surface area contributed by atoms with Crippen LogP contribution < -0.4 is 15.8 Å². The lowest BCUT2D eigenvalue weighted by molar-refractivity contribution is 0.569. The lowest BCUT2D eigenvalue weighted by Crippen LogP contribution is -2.56. The average Bonchev–Trinajstić information content (AvgIpc) is 3.89. The third-order valence-electron chi connectivity index (χ3n) is 15.7. The lowest BCUT2D eigenvalue weighted by atomic mass is 9.44. The minimum absolute atomic E-state index is 0.0700. The number of fused-ring (bicyclic) bond motifs is 20. The van der Waals surface area contributed by atoms with Crippen molar-refractivity contribution in [1.82, 2.24) is 4.48 Å². The molecular formula is C64H47BN2O. The summed E-state index contributed by atoms with van der Waals surface area (Å²) in [5.41, 5.74) is 15.7. The number of nitrogens with zero attached hydrogens (tertiary/aromatic N) is 2. The second kappa shape index (κ2) is 13.0. The van der Waals surface area contributed by atoms with Gasteiger partial charge < -0.3 is 13.8 Å². The van der Waals surface area contributed by atoms with E-state index in [0.29, 0.717) is 0 Å². The van der Waals surface area contributed by atoms with Crippen molar-refractivity contribution in [3.63, 3.8) is 0 Å². The zero-order valence-electron chi connectivity index (χ0n) is 39.1. The van der Waals surface area contributed by atoms with E-state index in [4.69, 9.17) is 4.42 Å². The number of aromatic nitrogens is 1. The Morgan fingerprint density at radius 1 is 0.441 bits per heavy atom. The van der Waals surface area contributed by atoms with Gasteiger partial charge in [0.15, 0.2) is 0 Å². The Hall–Kier alpha value is -7.82. The van der Waals surface area contributed by atoms with E-state index in [1.807, 2.05) is 0 Å². The normalized spacial score (nSPS) is 13.7. The van der Waals surface area contributed by atoms with E-state index in [1.165, 1.54) is 126 Å². The molecule has 0 bridgehead atoms. The highest BCUT2D eigenvalue weighted by molar-refractivity contribution is 6.90. The van der Waals surface area contributed by atoms with E-state index in [2.05, 4.69) is 227 Å². The number of benzene rings is 11. The summed E-state index contributed by atoms with van der Waals surface area (Å²) in [6, 6.07) is 67.0. The van der Waals surface area contributed by atoms with Crippen LogP contribution in [0, 0.1) is 0 Å². The van der Waals surface area contributed by atoms with Crippen LogP contribution in [0.25, 0.3) is 109 Å². The van der Waals surface area contributed by atoms with Gasteiger partial charge in [0.05, 0.1) is 5.39 Å². The highest BCUT2D eigenvalue weighted by atomic mass is 16.3. The largest absolute Gasteiger partial charge is 0.455 e. The average molecular weight is 871 g/mol. The van der Waals surface area contributed by atoms with Crippen molar-refractivity contribution in [3.05, 3.63) is 187 Å². The summed E-state index contributed by atoms with van der Waals surface area (Å²) in [4.78, 5) is 2.64. The molecule has 0 radical (unpaired) electrons. The fourth-order valence-corrected chi connectivity index (χ4v) is 12.5. The molecule has 0 saturated heterocycles. The zero-order valence-corrected chi connectivity index (χ0v) is 39.1. The van der Waals surface area contributed by atoms with Gasteiger partial charge in [-0.05, 0) is 147 Å². The molecule has 4 heteroatoms. The van der Waals surface area contributed by atoms with Gasteiger partial charge in [0.25, 0.3) is 0 Å². The Bertz CT molecular complexity index is 4390. The molecule has 3 nitrogen and oxygen atoms in total. The first-order chi connectivity index (χ1) is 33.0. The van der Waals surface area contributed by atoms with Gasteiger partial charge in [-0.2, -0.15) is 0 Å². The monoisotopic (exact) mass is 870 g/mol. The summed E-state index contributed by atoms with van der Waals surface area (Å²) < 4.78 is 9.64. The molecule has 2 aliphatic rings. The van der Waals surface area contributed by atoms with Gasteiger partial charge in [-0.1, -0.05) is 163 Å². The van der Waals surface area contributed by atoms with E-state index in [1.54, 1.807) is 0 Å². The molecule has 15 rings (SSSR count). The fraction of sp³-hybridized carbons (Fsp3) is 0.125. The number of furan rings is 1. The highest BCUT2D eigenvalue weighted by Crippen LogP contribution is 2.52. The first kappa shape index (κ1) is 38.3. The van der Waals surface area contributed by atoms with E-state index >= 15 is 0 Å². The van der Waals surface area contributed by atoms with Crippen LogP contribution in [-0.4, -0.2) is 11.3 Å². The molecule has 2 aliphatic heterocycles. The first-order valence-electron chi connectivity index (χ1n) is 24.2. The summed E-state index contributed by atoms with van der Waals surface area (Å²) in [5.74, 6) is 0. The van der Waals surface area contributed by atoms with Crippen LogP contribution >= 0.6 is 0 Å². The summed E-state index contributed by atoms with van der Waals surface area (Å²) in [6.07, 6.45) is 0. The van der Waals surface area contributed by atoms with E-state index in [9.17, 15) is 0 Å². The summed E-state index contributed by atoms with van der Waals surface area (Å²) >= 11 is 0. The minimum Gasteiger partial charge on any atom is -0.455 e. The summed E-state index contributed by atoms with van der Waals surface area (Å²) in [5, 5.41) is 17.4. The van der Waals surface area contributed by atoms with E-state index < -0.39 is 0 Å². The molecule has 0 unspecified atom stereocenters. The lowest BCUT2D eigenvalue weighted by Gasteiger charge is -2.42. The van der Waals surface area contributed by atoms with Crippen LogP contribution in [0.4, 0.5) is 17.1 Å². The molecule has 0 amide bonds. The van der Waals surface area contributed by atoms with Gasteiger partial charge in [-0.25, -0.2) is 0 Å². The third kappa shape index (κ3) is 4.99. The minimum atomic E-state index is -0.131. The number of rotatable bonds is 1. The van der Waals surface area contributed by atoms with E-state index in [0.717, 1.165) is 21.9 Å². The Morgan fingerprint density at radius 3 is 1.65 bits per heavy atom.